The van der Waals surface area contributed by atoms with Gasteiger partial charge in [0.25, 0.3) is 0 Å². The van der Waals surface area contributed by atoms with E-state index >= 15 is 0 Å². The van der Waals surface area contributed by atoms with Gasteiger partial charge in [0, 0.05) is 12.7 Å². The maximum absolute atomic E-state index is 11.8. The Morgan fingerprint density at radius 1 is 1.00 bits per heavy atom. The molecule has 0 aromatic heterocycles. The lowest BCUT2D eigenvalue weighted by Crippen LogP contribution is -2.34. The highest BCUT2D eigenvalue weighted by Crippen LogP contribution is 2.40. The number of ketones is 1. The Hall–Kier alpha value is -2.07. The molecule has 106 valence electrons. The predicted molar refractivity (Wildman–Crippen MR) is 75.5 cm³/mol. The van der Waals surface area contributed by atoms with Crippen LogP contribution in [0.15, 0.2) is 47.7 Å². The molecule has 20 heavy (non-hydrogen) atoms. The van der Waals surface area contributed by atoms with Crippen molar-refractivity contribution < 1.29 is 19.0 Å². The van der Waals surface area contributed by atoms with Crippen molar-refractivity contribution in [1.29, 1.82) is 0 Å². The number of allylic oxidation sites excluding steroid dienone is 2. The molecule has 0 spiro atoms. The fourth-order valence-electron chi connectivity index (χ4n) is 2.43. The fraction of sp³-hybridized carbons (Fsp3) is 0.312. The second-order valence-electron chi connectivity index (χ2n) is 4.52. The van der Waals surface area contributed by atoms with Crippen LogP contribution in [0.4, 0.5) is 0 Å². The van der Waals surface area contributed by atoms with Gasteiger partial charge in [0.15, 0.2) is 11.4 Å². The van der Waals surface area contributed by atoms with E-state index in [1.165, 1.54) is 6.08 Å². The van der Waals surface area contributed by atoms with Gasteiger partial charge in [-0.05, 0) is 36.8 Å². The number of methoxy groups -OCH3 is 3. The largest absolute Gasteiger partial charge is 0.497 e. The van der Waals surface area contributed by atoms with E-state index in [-0.39, 0.29) is 5.78 Å². The van der Waals surface area contributed by atoms with Crippen molar-refractivity contribution in [3.05, 3.63) is 53.3 Å². The van der Waals surface area contributed by atoms with Crippen LogP contribution in [-0.4, -0.2) is 27.1 Å². The summed E-state index contributed by atoms with van der Waals surface area (Å²) in [4.78, 5) is 11.8. The van der Waals surface area contributed by atoms with Gasteiger partial charge in [-0.2, -0.15) is 0 Å². The molecule has 0 saturated carbocycles. The van der Waals surface area contributed by atoms with Crippen LogP contribution in [0.2, 0.25) is 0 Å². The summed E-state index contributed by atoms with van der Waals surface area (Å²) in [5.41, 5.74) is 0.548. The molecular weight excluding hydrogens is 256 g/mol. The molecule has 0 amide bonds. The Morgan fingerprint density at radius 3 is 2.15 bits per heavy atom. The van der Waals surface area contributed by atoms with Crippen molar-refractivity contribution in [1.82, 2.24) is 0 Å². The zero-order chi connectivity index (χ0) is 14.8. The van der Waals surface area contributed by atoms with E-state index in [2.05, 4.69) is 0 Å². The Labute approximate surface area is 118 Å². The summed E-state index contributed by atoms with van der Waals surface area (Å²) in [7, 11) is 4.75. The average Bonchev–Trinajstić information content (AvgIpc) is 2.50. The molecule has 1 aliphatic rings. The molecule has 0 fully saturated rings. The summed E-state index contributed by atoms with van der Waals surface area (Å²) in [5.74, 6) is 1.20. The average molecular weight is 274 g/mol. The predicted octanol–water partition coefficient (Wildman–Crippen LogP) is 2.60. The summed E-state index contributed by atoms with van der Waals surface area (Å²) in [5, 5.41) is 0. The Bertz CT molecular complexity index is 569. The molecule has 1 aromatic rings. The van der Waals surface area contributed by atoms with Crippen LogP contribution < -0.4 is 4.74 Å². The topological polar surface area (TPSA) is 44.8 Å². The zero-order valence-electron chi connectivity index (χ0n) is 12.1. The first-order valence-electron chi connectivity index (χ1n) is 6.27. The highest BCUT2D eigenvalue weighted by atomic mass is 16.5. The van der Waals surface area contributed by atoms with Gasteiger partial charge in [-0.25, -0.2) is 0 Å². The molecule has 4 nitrogen and oxygen atoms in total. The number of carbonyl (C=O) groups excluding carboxylic acids is 1. The van der Waals surface area contributed by atoms with Crippen LogP contribution in [0.5, 0.6) is 5.75 Å². The lowest BCUT2D eigenvalue weighted by molar-refractivity contribution is -0.112. The van der Waals surface area contributed by atoms with Crippen LogP contribution in [0.1, 0.15) is 12.5 Å². The third-order valence-corrected chi connectivity index (χ3v) is 3.56. The molecule has 1 aromatic carbocycles. The summed E-state index contributed by atoms with van der Waals surface area (Å²) in [6, 6.07) is 7.50. The van der Waals surface area contributed by atoms with E-state index in [0.29, 0.717) is 11.3 Å². The SMILES string of the molecule is COC1=C(C)C(=O)C=CC1(OC)c1ccc(OC)cc1. The van der Waals surface area contributed by atoms with E-state index in [4.69, 9.17) is 14.2 Å². The number of ether oxygens (including phenoxy) is 3. The molecule has 1 aliphatic carbocycles. The monoisotopic (exact) mass is 274 g/mol. The Balaban J connectivity index is 2.57. The van der Waals surface area contributed by atoms with Gasteiger partial charge < -0.3 is 14.2 Å². The van der Waals surface area contributed by atoms with E-state index in [9.17, 15) is 4.79 Å². The zero-order valence-corrected chi connectivity index (χ0v) is 12.1. The van der Waals surface area contributed by atoms with E-state index < -0.39 is 5.60 Å². The lowest BCUT2D eigenvalue weighted by Gasteiger charge is -2.34. The molecule has 4 heteroatoms. The van der Waals surface area contributed by atoms with Crippen molar-refractivity contribution in [2.75, 3.05) is 21.3 Å². The van der Waals surface area contributed by atoms with E-state index in [1.807, 2.05) is 24.3 Å². The first-order valence-corrected chi connectivity index (χ1v) is 6.27. The van der Waals surface area contributed by atoms with Gasteiger partial charge in [0.2, 0.25) is 0 Å². The van der Waals surface area contributed by atoms with Crippen molar-refractivity contribution in [2.24, 2.45) is 0 Å². The molecule has 0 bridgehead atoms. The quantitative estimate of drug-likeness (QED) is 0.846. The summed E-state index contributed by atoms with van der Waals surface area (Å²) in [6.07, 6.45) is 3.24. The molecule has 0 heterocycles. The van der Waals surface area contributed by atoms with Crippen molar-refractivity contribution in [3.63, 3.8) is 0 Å². The van der Waals surface area contributed by atoms with Crippen LogP contribution in [0.25, 0.3) is 0 Å². The molecule has 0 aliphatic heterocycles. The summed E-state index contributed by atoms with van der Waals surface area (Å²) >= 11 is 0. The van der Waals surface area contributed by atoms with Crippen LogP contribution in [0.3, 0.4) is 0 Å². The van der Waals surface area contributed by atoms with E-state index in [0.717, 1.165) is 11.3 Å². The van der Waals surface area contributed by atoms with Gasteiger partial charge >= 0.3 is 0 Å². The molecule has 0 radical (unpaired) electrons. The summed E-state index contributed by atoms with van der Waals surface area (Å²) < 4.78 is 16.3. The standard InChI is InChI=1S/C16H18O4/c1-11-14(17)9-10-16(20-4,15(11)19-3)12-5-7-13(18-2)8-6-12/h5-10H,1-4H3. The second kappa shape index (κ2) is 5.51. The second-order valence-corrected chi connectivity index (χ2v) is 4.52. The number of benzene rings is 1. The van der Waals surface area contributed by atoms with Crippen LogP contribution in [0, 0.1) is 0 Å². The highest BCUT2D eigenvalue weighted by molar-refractivity contribution is 6.05. The molecule has 1 unspecified atom stereocenters. The molecule has 1 atom stereocenters. The molecule has 2 rings (SSSR count). The number of hydrogen-bond donors (Lipinski definition) is 0. The minimum atomic E-state index is -0.876. The number of hydrogen-bond acceptors (Lipinski definition) is 4. The normalized spacial score (nSPS) is 22.1. The highest BCUT2D eigenvalue weighted by Gasteiger charge is 2.40. The maximum atomic E-state index is 11.8. The fourth-order valence-corrected chi connectivity index (χ4v) is 2.43. The van der Waals surface area contributed by atoms with Crippen LogP contribution in [-0.2, 0) is 19.9 Å². The Kier molecular flexibility index (Phi) is 3.95. The summed E-state index contributed by atoms with van der Waals surface area (Å²) in [6.45, 7) is 1.74. The lowest BCUT2D eigenvalue weighted by atomic mass is 9.84. The molecule has 0 saturated heterocycles. The minimum Gasteiger partial charge on any atom is -0.497 e. The van der Waals surface area contributed by atoms with Gasteiger partial charge in [-0.3, -0.25) is 4.79 Å². The van der Waals surface area contributed by atoms with E-state index in [1.54, 1.807) is 34.3 Å². The number of rotatable bonds is 4. The smallest absolute Gasteiger partial charge is 0.184 e. The van der Waals surface area contributed by atoms with Crippen molar-refractivity contribution in [3.8, 4) is 5.75 Å². The van der Waals surface area contributed by atoms with Crippen molar-refractivity contribution in [2.45, 2.75) is 12.5 Å². The first kappa shape index (κ1) is 14.3. The van der Waals surface area contributed by atoms with Gasteiger partial charge in [0.1, 0.15) is 11.5 Å². The van der Waals surface area contributed by atoms with Gasteiger partial charge in [-0.1, -0.05) is 12.1 Å². The number of carbonyl (C=O) groups is 1. The van der Waals surface area contributed by atoms with Gasteiger partial charge in [-0.15, -0.1) is 0 Å². The van der Waals surface area contributed by atoms with Crippen molar-refractivity contribution >= 4 is 5.78 Å². The van der Waals surface area contributed by atoms with Crippen LogP contribution >= 0.6 is 0 Å². The first-order chi connectivity index (χ1) is 9.58. The minimum absolute atomic E-state index is 0.0666. The Morgan fingerprint density at radius 2 is 1.65 bits per heavy atom. The maximum Gasteiger partial charge on any atom is 0.184 e. The third-order valence-electron chi connectivity index (χ3n) is 3.56. The third kappa shape index (κ3) is 2.12. The molecular formula is C16H18O4. The van der Waals surface area contributed by atoms with Gasteiger partial charge in [0.05, 0.1) is 14.2 Å². The molecule has 0 N–H and O–H groups in total.